The third-order valence-electron chi connectivity index (χ3n) is 6.99. The highest BCUT2D eigenvalue weighted by molar-refractivity contribution is 7.89. The van der Waals surface area contributed by atoms with Crippen LogP contribution in [0.2, 0.25) is 0 Å². The summed E-state index contributed by atoms with van der Waals surface area (Å²) in [6.45, 7) is 3.11. The number of carbonyl (C=O) groups is 2. The van der Waals surface area contributed by atoms with Gasteiger partial charge < -0.3 is 15.0 Å². The first kappa shape index (κ1) is 30.4. The molecule has 10 heteroatoms. The Morgan fingerprint density at radius 2 is 1.68 bits per heavy atom. The van der Waals surface area contributed by atoms with Crippen molar-refractivity contribution in [1.82, 2.24) is 14.9 Å². The predicted octanol–water partition coefficient (Wildman–Crippen LogP) is 4.12. The standard InChI is InChI=1S/C31H36FN3O5S/c1-2-34-41(38,39)28-17-12-23(13-18-28)14-19-29(36)35(22-24-10-15-26(32)16-11-24)30(25-7-4-3-5-8-25)31(37)33-21-27-9-6-20-40-27/h3-5,7-8,10-13,15-18,27,30,34H,2,6,9,14,19-22H2,1H3,(H,33,37)/t27-,30-/m0/s1. The van der Waals surface area contributed by atoms with Gasteiger partial charge in [0.05, 0.1) is 11.0 Å². The molecule has 1 heterocycles. The van der Waals surface area contributed by atoms with E-state index in [2.05, 4.69) is 10.0 Å². The van der Waals surface area contributed by atoms with Crippen molar-refractivity contribution in [3.05, 3.63) is 101 Å². The lowest BCUT2D eigenvalue weighted by Crippen LogP contribution is -2.45. The molecule has 1 fully saturated rings. The van der Waals surface area contributed by atoms with Gasteiger partial charge in [-0.05, 0) is 60.2 Å². The molecule has 3 aromatic carbocycles. The minimum Gasteiger partial charge on any atom is -0.376 e. The Morgan fingerprint density at radius 3 is 2.32 bits per heavy atom. The third-order valence-corrected chi connectivity index (χ3v) is 8.55. The Balaban J connectivity index is 1.57. The van der Waals surface area contributed by atoms with Crippen molar-refractivity contribution in [1.29, 1.82) is 0 Å². The molecule has 3 aromatic rings. The van der Waals surface area contributed by atoms with Crippen LogP contribution in [-0.2, 0) is 37.3 Å². The van der Waals surface area contributed by atoms with E-state index < -0.39 is 16.1 Å². The Bertz CT molecular complexity index is 1390. The predicted molar refractivity (Wildman–Crippen MR) is 154 cm³/mol. The van der Waals surface area contributed by atoms with Crippen LogP contribution in [0.4, 0.5) is 4.39 Å². The highest BCUT2D eigenvalue weighted by Gasteiger charge is 2.32. The fraction of sp³-hybridized carbons (Fsp3) is 0.355. The van der Waals surface area contributed by atoms with Crippen LogP contribution in [-0.4, -0.2) is 50.9 Å². The van der Waals surface area contributed by atoms with Crippen molar-refractivity contribution in [3.8, 4) is 0 Å². The van der Waals surface area contributed by atoms with Gasteiger partial charge in [-0.2, -0.15) is 0 Å². The van der Waals surface area contributed by atoms with E-state index in [1.54, 1.807) is 31.2 Å². The fourth-order valence-corrected chi connectivity index (χ4v) is 5.88. The van der Waals surface area contributed by atoms with E-state index in [0.717, 1.165) is 18.4 Å². The van der Waals surface area contributed by atoms with Crippen LogP contribution in [0.3, 0.4) is 0 Å². The molecule has 2 atom stereocenters. The van der Waals surface area contributed by atoms with Gasteiger partial charge in [-0.15, -0.1) is 0 Å². The van der Waals surface area contributed by atoms with Crippen LogP contribution in [0.25, 0.3) is 0 Å². The molecular formula is C31H36FN3O5S. The number of ether oxygens (including phenoxy) is 1. The minimum absolute atomic E-state index is 0.0593. The molecule has 1 saturated heterocycles. The highest BCUT2D eigenvalue weighted by atomic mass is 32.2. The monoisotopic (exact) mass is 581 g/mol. The number of hydrogen-bond donors (Lipinski definition) is 2. The summed E-state index contributed by atoms with van der Waals surface area (Å²) >= 11 is 0. The molecule has 0 saturated carbocycles. The molecule has 0 bridgehead atoms. The zero-order chi connectivity index (χ0) is 29.2. The second-order valence-electron chi connectivity index (χ2n) is 9.99. The lowest BCUT2D eigenvalue weighted by atomic mass is 10.0. The van der Waals surface area contributed by atoms with Gasteiger partial charge in [0.15, 0.2) is 0 Å². The Labute approximate surface area is 241 Å². The van der Waals surface area contributed by atoms with Crippen LogP contribution in [0.1, 0.15) is 48.9 Å². The average Bonchev–Trinajstić information content (AvgIpc) is 3.50. The minimum atomic E-state index is -3.58. The van der Waals surface area contributed by atoms with Gasteiger partial charge in [0, 0.05) is 32.7 Å². The second-order valence-corrected chi connectivity index (χ2v) is 11.8. The van der Waals surface area contributed by atoms with Crippen LogP contribution in [0.15, 0.2) is 83.8 Å². The van der Waals surface area contributed by atoms with Crippen molar-refractivity contribution < 1.29 is 27.1 Å². The van der Waals surface area contributed by atoms with E-state index in [9.17, 15) is 22.4 Å². The maximum Gasteiger partial charge on any atom is 0.247 e. The number of amides is 2. The Morgan fingerprint density at radius 1 is 1.00 bits per heavy atom. The van der Waals surface area contributed by atoms with Crippen LogP contribution >= 0.6 is 0 Å². The molecule has 0 aromatic heterocycles. The average molecular weight is 582 g/mol. The topological polar surface area (TPSA) is 105 Å². The lowest BCUT2D eigenvalue weighted by Gasteiger charge is -2.32. The largest absolute Gasteiger partial charge is 0.376 e. The smallest absolute Gasteiger partial charge is 0.247 e. The molecule has 0 aliphatic carbocycles. The SMILES string of the molecule is CCNS(=O)(=O)c1ccc(CCC(=O)N(Cc2ccc(F)cc2)[C@H](C(=O)NC[C@@H]2CCCO2)c2ccccc2)cc1. The molecule has 8 nitrogen and oxygen atoms in total. The summed E-state index contributed by atoms with van der Waals surface area (Å²) in [6.07, 6.45) is 2.18. The summed E-state index contributed by atoms with van der Waals surface area (Å²) in [5.41, 5.74) is 2.13. The molecule has 1 aliphatic heterocycles. The summed E-state index contributed by atoms with van der Waals surface area (Å²) in [4.78, 5) is 29.2. The van der Waals surface area contributed by atoms with Gasteiger partial charge in [-0.3, -0.25) is 9.59 Å². The molecule has 0 radical (unpaired) electrons. The van der Waals surface area contributed by atoms with Crippen molar-refractivity contribution in [2.24, 2.45) is 0 Å². The fourth-order valence-electron chi connectivity index (χ4n) is 4.84. The summed E-state index contributed by atoms with van der Waals surface area (Å²) in [5, 5.41) is 2.98. The van der Waals surface area contributed by atoms with Crippen molar-refractivity contribution in [3.63, 3.8) is 0 Å². The summed E-state index contributed by atoms with van der Waals surface area (Å²) in [5.74, 6) is -0.972. The number of nitrogens with zero attached hydrogens (tertiary/aromatic N) is 1. The first-order valence-electron chi connectivity index (χ1n) is 13.8. The summed E-state index contributed by atoms with van der Waals surface area (Å²) < 4.78 is 46.3. The molecule has 218 valence electrons. The van der Waals surface area contributed by atoms with Gasteiger partial charge in [0.1, 0.15) is 11.9 Å². The molecule has 2 amide bonds. The maximum atomic E-state index is 13.8. The van der Waals surface area contributed by atoms with E-state index in [-0.39, 0.29) is 48.1 Å². The van der Waals surface area contributed by atoms with Gasteiger partial charge in [0.2, 0.25) is 21.8 Å². The molecule has 1 aliphatic rings. The number of halogens is 1. The lowest BCUT2D eigenvalue weighted by molar-refractivity contribution is -0.141. The molecule has 0 unspecified atom stereocenters. The molecular weight excluding hydrogens is 545 g/mol. The van der Waals surface area contributed by atoms with E-state index in [0.29, 0.717) is 30.7 Å². The van der Waals surface area contributed by atoms with Crippen molar-refractivity contribution in [2.45, 2.75) is 56.2 Å². The summed E-state index contributed by atoms with van der Waals surface area (Å²) in [7, 11) is -3.58. The highest BCUT2D eigenvalue weighted by Crippen LogP contribution is 2.26. The van der Waals surface area contributed by atoms with Gasteiger partial charge in [-0.1, -0.05) is 61.5 Å². The second kappa shape index (κ2) is 14.3. The van der Waals surface area contributed by atoms with E-state index in [1.807, 2.05) is 30.3 Å². The molecule has 41 heavy (non-hydrogen) atoms. The van der Waals surface area contributed by atoms with Crippen molar-refractivity contribution >= 4 is 21.8 Å². The van der Waals surface area contributed by atoms with Gasteiger partial charge in [-0.25, -0.2) is 17.5 Å². The van der Waals surface area contributed by atoms with E-state index >= 15 is 0 Å². The first-order valence-corrected chi connectivity index (χ1v) is 15.3. The van der Waals surface area contributed by atoms with Crippen molar-refractivity contribution in [2.75, 3.05) is 19.7 Å². The van der Waals surface area contributed by atoms with Crippen LogP contribution in [0, 0.1) is 5.82 Å². The third kappa shape index (κ3) is 8.45. The number of rotatable bonds is 13. The Kier molecular flexibility index (Phi) is 10.6. The Hall–Kier alpha value is -3.60. The quantitative estimate of drug-likeness (QED) is 0.316. The zero-order valence-corrected chi connectivity index (χ0v) is 23.9. The number of aryl methyl sites for hydroxylation is 1. The first-order chi connectivity index (χ1) is 19.8. The number of benzene rings is 3. The van der Waals surface area contributed by atoms with E-state index in [4.69, 9.17) is 4.74 Å². The normalized spacial score (nSPS) is 15.8. The number of nitrogens with one attached hydrogen (secondary N) is 2. The maximum absolute atomic E-state index is 13.8. The van der Waals surface area contributed by atoms with Gasteiger partial charge >= 0.3 is 0 Å². The van der Waals surface area contributed by atoms with Crippen LogP contribution < -0.4 is 10.0 Å². The van der Waals surface area contributed by atoms with Gasteiger partial charge in [0.25, 0.3) is 0 Å². The number of carbonyl (C=O) groups excluding carboxylic acids is 2. The van der Waals surface area contributed by atoms with E-state index in [1.165, 1.54) is 29.2 Å². The molecule has 2 N–H and O–H groups in total. The number of sulfonamides is 1. The number of hydrogen-bond acceptors (Lipinski definition) is 5. The molecule has 4 rings (SSSR count). The summed E-state index contributed by atoms with van der Waals surface area (Å²) in [6, 6.07) is 20.4. The molecule has 0 spiro atoms. The zero-order valence-electron chi connectivity index (χ0n) is 23.1. The van der Waals surface area contributed by atoms with Crippen LogP contribution in [0.5, 0.6) is 0 Å².